The largest absolute Gasteiger partial charge is 0.349 e. The van der Waals surface area contributed by atoms with Crippen molar-refractivity contribution < 1.29 is 9.18 Å². The fraction of sp³-hybridized carbons (Fsp3) is 0.323. The minimum Gasteiger partial charge on any atom is -0.349 e. The molecular weight excluding hydrogens is 509 g/mol. The van der Waals surface area contributed by atoms with Crippen molar-refractivity contribution in [2.75, 3.05) is 19.6 Å². The van der Waals surface area contributed by atoms with Gasteiger partial charge in [0.25, 0.3) is 5.91 Å². The van der Waals surface area contributed by atoms with Crippen LogP contribution in [0.15, 0.2) is 64.5 Å². The number of H-pyrrole nitrogens is 1. The maximum Gasteiger partial charge on any atom is 0.252 e. The Kier molecular flexibility index (Phi) is 7.74. The van der Waals surface area contributed by atoms with Crippen LogP contribution in [0, 0.1) is 5.82 Å². The van der Waals surface area contributed by atoms with E-state index in [1.54, 1.807) is 6.07 Å². The Morgan fingerprint density at radius 3 is 2.82 bits per heavy atom. The van der Waals surface area contributed by atoms with Gasteiger partial charge in [-0.1, -0.05) is 11.8 Å². The van der Waals surface area contributed by atoms with Crippen molar-refractivity contribution in [3.05, 3.63) is 83.1 Å². The molecule has 2 aromatic carbocycles. The number of pyridine rings is 1. The van der Waals surface area contributed by atoms with Crippen molar-refractivity contribution in [2.24, 2.45) is 0 Å². The fourth-order valence-electron chi connectivity index (χ4n) is 5.02. The molecule has 0 bridgehead atoms. The van der Waals surface area contributed by atoms with Crippen LogP contribution in [0.25, 0.3) is 23.1 Å². The Bertz CT molecular complexity index is 1510. The minimum absolute atomic E-state index is 0.212. The summed E-state index contributed by atoms with van der Waals surface area (Å²) in [5.74, 6) is -0.637. The van der Waals surface area contributed by atoms with Crippen molar-refractivity contribution in [3.8, 4) is 0 Å². The molecule has 0 radical (unpaired) electrons. The third kappa shape index (κ3) is 6.57. The average molecular weight is 542 g/mol. The maximum absolute atomic E-state index is 13.9. The number of nitrogens with one attached hydrogen (secondary N) is 2. The summed E-state index contributed by atoms with van der Waals surface area (Å²) in [5, 5.41) is 11.6. The highest BCUT2D eigenvalue weighted by Gasteiger charge is 2.25. The van der Waals surface area contributed by atoms with E-state index in [1.807, 2.05) is 36.5 Å². The summed E-state index contributed by atoms with van der Waals surface area (Å²) in [5.41, 5.74) is 4.34. The van der Waals surface area contributed by atoms with Crippen LogP contribution in [0.2, 0.25) is 0 Å². The lowest BCUT2D eigenvalue weighted by Crippen LogP contribution is -2.26. The van der Waals surface area contributed by atoms with E-state index < -0.39 is 5.82 Å². The summed E-state index contributed by atoms with van der Waals surface area (Å²) in [6.45, 7) is 3.66. The van der Waals surface area contributed by atoms with Gasteiger partial charge in [0.05, 0.1) is 22.5 Å². The highest BCUT2D eigenvalue weighted by molar-refractivity contribution is 7.99. The molecule has 3 heterocycles. The Labute approximate surface area is 232 Å². The number of benzene rings is 2. The smallest absolute Gasteiger partial charge is 0.252 e. The Morgan fingerprint density at radius 1 is 1.10 bits per heavy atom. The van der Waals surface area contributed by atoms with Gasteiger partial charge in [0, 0.05) is 27.4 Å². The lowest BCUT2D eigenvalue weighted by Gasteiger charge is -2.13. The highest BCUT2D eigenvalue weighted by Crippen LogP contribution is 2.34. The molecule has 2 N–H and O–H groups in total. The van der Waals surface area contributed by atoms with Crippen LogP contribution in [0.5, 0.6) is 0 Å². The van der Waals surface area contributed by atoms with Crippen LogP contribution in [-0.2, 0) is 6.42 Å². The molecule has 200 valence electrons. The quantitative estimate of drug-likeness (QED) is 0.245. The molecule has 6 nitrogen and oxygen atoms in total. The molecule has 0 unspecified atom stereocenters. The van der Waals surface area contributed by atoms with Gasteiger partial charge in [0.1, 0.15) is 5.82 Å². The second-order valence-electron chi connectivity index (χ2n) is 10.4. The molecule has 8 heteroatoms. The molecule has 1 saturated carbocycles. The molecule has 6 rings (SSSR count). The number of aromatic amines is 1. The molecule has 1 amide bonds. The lowest BCUT2D eigenvalue weighted by atomic mass is 10.1. The normalized spacial score (nSPS) is 15.9. The van der Waals surface area contributed by atoms with E-state index in [9.17, 15) is 9.18 Å². The summed E-state index contributed by atoms with van der Waals surface area (Å²) in [7, 11) is 0. The van der Waals surface area contributed by atoms with E-state index in [1.165, 1.54) is 68.4 Å². The molecular formula is C31H32FN5OS. The molecule has 4 aromatic rings. The number of aryl methyl sites for hydroxylation is 1. The number of carbonyl (C=O) groups is 1. The van der Waals surface area contributed by atoms with Crippen molar-refractivity contribution in [1.29, 1.82) is 0 Å². The van der Waals surface area contributed by atoms with Crippen LogP contribution in [0.4, 0.5) is 4.39 Å². The van der Waals surface area contributed by atoms with Crippen LogP contribution >= 0.6 is 11.8 Å². The molecule has 0 atom stereocenters. The predicted molar refractivity (Wildman–Crippen MR) is 154 cm³/mol. The first-order valence-electron chi connectivity index (χ1n) is 13.7. The van der Waals surface area contributed by atoms with Crippen molar-refractivity contribution in [3.63, 3.8) is 0 Å². The predicted octanol–water partition coefficient (Wildman–Crippen LogP) is 6.34. The van der Waals surface area contributed by atoms with Crippen LogP contribution in [0.1, 0.15) is 59.4 Å². The first-order chi connectivity index (χ1) is 19.1. The van der Waals surface area contributed by atoms with Crippen LogP contribution in [-0.4, -0.2) is 51.7 Å². The molecule has 0 spiro atoms. The van der Waals surface area contributed by atoms with Gasteiger partial charge < -0.3 is 10.2 Å². The van der Waals surface area contributed by atoms with Crippen molar-refractivity contribution in [1.82, 2.24) is 25.4 Å². The number of nitrogens with zero attached hydrogens (tertiary/aromatic N) is 3. The van der Waals surface area contributed by atoms with E-state index in [0.29, 0.717) is 5.56 Å². The van der Waals surface area contributed by atoms with E-state index in [0.717, 1.165) is 51.3 Å². The van der Waals surface area contributed by atoms with Gasteiger partial charge >= 0.3 is 0 Å². The van der Waals surface area contributed by atoms with Gasteiger partial charge in [0.2, 0.25) is 0 Å². The number of hydrogen-bond donors (Lipinski definition) is 2. The Hall–Kier alpha value is -3.49. The zero-order valence-electron chi connectivity index (χ0n) is 21.8. The van der Waals surface area contributed by atoms with Gasteiger partial charge in [-0.25, -0.2) is 4.39 Å². The number of likely N-dealkylation sites (tertiary alicyclic amines) is 1. The van der Waals surface area contributed by atoms with Crippen LogP contribution < -0.4 is 5.32 Å². The number of carbonyl (C=O) groups excluding carboxylic acids is 1. The average Bonchev–Trinajstić information content (AvgIpc) is 3.43. The van der Waals surface area contributed by atoms with Gasteiger partial charge in [-0.2, -0.15) is 5.10 Å². The molecule has 1 aliphatic heterocycles. The third-order valence-electron chi connectivity index (χ3n) is 7.29. The number of amides is 1. The van der Waals surface area contributed by atoms with Gasteiger partial charge in [0.15, 0.2) is 0 Å². The summed E-state index contributed by atoms with van der Waals surface area (Å²) in [6, 6.07) is 14.9. The Balaban J connectivity index is 1.13. The Morgan fingerprint density at radius 2 is 1.97 bits per heavy atom. The van der Waals surface area contributed by atoms with Gasteiger partial charge in [-0.3, -0.25) is 14.9 Å². The summed E-state index contributed by atoms with van der Waals surface area (Å²) in [4.78, 5) is 21.4. The maximum atomic E-state index is 13.9. The highest BCUT2D eigenvalue weighted by atomic mass is 32.2. The van der Waals surface area contributed by atoms with E-state index in [2.05, 4.69) is 37.5 Å². The summed E-state index contributed by atoms with van der Waals surface area (Å²) >= 11 is 1.44. The minimum atomic E-state index is -0.414. The summed E-state index contributed by atoms with van der Waals surface area (Å²) < 4.78 is 13.9. The molecule has 39 heavy (non-hydrogen) atoms. The van der Waals surface area contributed by atoms with Crippen LogP contribution in [0.3, 0.4) is 0 Å². The molecule has 1 aliphatic carbocycles. The van der Waals surface area contributed by atoms with E-state index >= 15 is 0 Å². The first-order valence-corrected chi connectivity index (χ1v) is 14.5. The number of aromatic nitrogens is 3. The molecule has 2 aromatic heterocycles. The third-order valence-corrected chi connectivity index (χ3v) is 8.35. The monoisotopic (exact) mass is 541 g/mol. The topological polar surface area (TPSA) is 73.9 Å². The molecule has 2 fully saturated rings. The zero-order valence-corrected chi connectivity index (χ0v) is 22.6. The van der Waals surface area contributed by atoms with E-state index in [4.69, 9.17) is 0 Å². The van der Waals surface area contributed by atoms with Gasteiger partial charge in [-0.05, 0) is 124 Å². The number of hydrogen-bond acceptors (Lipinski definition) is 5. The number of fused-ring (bicyclic) bond motifs is 1. The van der Waals surface area contributed by atoms with Crippen molar-refractivity contribution in [2.45, 2.75) is 54.4 Å². The second kappa shape index (κ2) is 11.7. The first kappa shape index (κ1) is 25.8. The number of rotatable bonds is 10. The van der Waals surface area contributed by atoms with E-state index in [-0.39, 0.29) is 11.9 Å². The molecule has 2 aliphatic rings. The second-order valence-corrected chi connectivity index (χ2v) is 11.5. The molecule has 1 saturated heterocycles. The number of halogens is 1. The lowest BCUT2D eigenvalue weighted by molar-refractivity contribution is 0.0947. The summed E-state index contributed by atoms with van der Waals surface area (Å²) in [6.07, 6.45) is 12.7. The van der Waals surface area contributed by atoms with Gasteiger partial charge in [-0.15, -0.1) is 0 Å². The standard InChI is InChI=1S/C31H32FN5OS/c32-22-5-12-30(27(19-22)31(38)34-23-6-7-23)39-25-9-10-26-28(35-36-29(26)20-25)11-8-24-18-21(13-14-33-24)4-3-17-37-15-1-2-16-37/h5,8-14,18-20,23H,1-4,6-7,15-17H2,(H,34,38)(H,35,36)/b11-8+. The van der Waals surface area contributed by atoms with Crippen molar-refractivity contribution >= 4 is 40.7 Å². The fourth-order valence-corrected chi connectivity index (χ4v) is 5.98. The SMILES string of the molecule is O=C(NC1CC1)c1cc(F)ccc1Sc1ccc2c(/C=C/c3cc(CCCN4CCCC4)ccn3)n[nH]c2c1. The zero-order chi connectivity index (χ0) is 26.6.